The molecule has 0 spiro atoms. The Morgan fingerprint density at radius 2 is 2.04 bits per heavy atom. The molecule has 0 bridgehead atoms. The van der Waals surface area contributed by atoms with Gasteiger partial charge in [-0.15, -0.1) is 0 Å². The van der Waals surface area contributed by atoms with Crippen LogP contribution in [0.5, 0.6) is 5.75 Å². The minimum atomic E-state index is -0.563. The number of hydrogen-bond donors (Lipinski definition) is 3. The normalized spacial score (nSPS) is 11.8. The number of nitrogens with zero attached hydrogens (tertiary/aromatic N) is 2. The van der Waals surface area contributed by atoms with Gasteiger partial charge in [0.15, 0.2) is 11.9 Å². The highest BCUT2D eigenvalue weighted by atomic mass is 16.5. The van der Waals surface area contributed by atoms with E-state index in [1.807, 2.05) is 62.4 Å². The standard InChI is InChI=1S/C20H23N5O2/c1-3-17(27-16-6-4-5-13(2)11-16)20(26)22-15-9-7-14(8-10-15)19-23-18(12-21)24-25-19/h4-11,17H,3,12,21H2,1-2H3,(H,22,26)(H,23,24,25). The predicted octanol–water partition coefficient (Wildman–Crippen LogP) is 3.03. The monoisotopic (exact) mass is 365 g/mol. The number of carbonyl (C=O) groups is 1. The fourth-order valence-electron chi connectivity index (χ4n) is 2.62. The molecule has 1 unspecified atom stereocenters. The number of aromatic nitrogens is 3. The molecule has 7 heteroatoms. The number of ether oxygens (including phenoxy) is 1. The molecule has 140 valence electrons. The van der Waals surface area contributed by atoms with Crippen molar-refractivity contribution in [2.75, 3.05) is 5.32 Å². The molecular formula is C20H23N5O2. The Kier molecular flexibility index (Phi) is 5.83. The Bertz CT molecular complexity index is 905. The van der Waals surface area contributed by atoms with Crippen molar-refractivity contribution in [3.05, 3.63) is 59.9 Å². The molecule has 1 amide bonds. The summed E-state index contributed by atoms with van der Waals surface area (Å²) < 4.78 is 5.84. The maximum atomic E-state index is 12.6. The summed E-state index contributed by atoms with van der Waals surface area (Å²) in [4.78, 5) is 16.8. The molecule has 1 heterocycles. The van der Waals surface area contributed by atoms with E-state index in [0.717, 1.165) is 11.1 Å². The molecule has 0 fully saturated rings. The van der Waals surface area contributed by atoms with E-state index in [1.165, 1.54) is 0 Å². The molecule has 4 N–H and O–H groups in total. The van der Waals surface area contributed by atoms with E-state index in [1.54, 1.807) is 0 Å². The lowest BCUT2D eigenvalue weighted by atomic mass is 10.2. The van der Waals surface area contributed by atoms with Crippen LogP contribution in [0.25, 0.3) is 11.4 Å². The van der Waals surface area contributed by atoms with Crippen molar-refractivity contribution in [1.82, 2.24) is 15.2 Å². The van der Waals surface area contributed by atoms with Crippen molar-refractivity contribution >= 4 is 11.6 Å². The Hall–Kier alpha value is -3.19. The number of aryl methyl sites for hydroxylation is 1. The summed E-state index contributed by atoms with van der Waals surface area (Å²) in [5.74, 6) is 1.70. The highest BCUT2D eigenvalue weighted by Gasteiger charge is 2.18. The van der Waals surface area contributed by atoms with Crippen molar-refractivity contribution in [2.24, 2.45) is 5.73 Å². The zero-order chi connectivity index (χ0) is 19.2. The molecule has 0 saturated carbocycles. The molecular weight excluding hydrogens is 342 g/mol. The first-order chi connectivity index (χ1) is 13.1. The van der Waals surface area contributed by atoms with Crippen LogP contribution in [0, 0.1) is 6.92 Å². The van der Waals surface area contributed by atoms with Crippen molar-refractivity contribution in [3.8, 4) is 17.1 Å². The van der Waals surface area contributed by atoms with E-state index in [2.05, 4.69) is 20.5 Å². The third-order valence-corrected chi connectivity index (χ3v) is 4.07. The number of hydrogen-bond acceptors (Lipinski definition) is 5. The highest BCUT2D eigenvalue weighted by molar-refractivity contribution is 5.94. The number of rotatable bonds is 7. The van der Waals surface area contributed by atoms with Gasteiger partial charge in [0.25, 0.3) is 5.91 Å². The fraction of sp³-hybridized carbons (Fsp3) is 0.250. The molecule has 0 aliphatic rings. The maximum Gasteiger partial charge on any atom is 0.265 e. The molecule has 27 heavy (non-hydrogen) atoms. The summed E-state index contributed by atoms with van der Waals surface area (Å²) >= 11 is 0. The van der Waals surface area contributed by atoms with E-state index >= 15 is 0 Å². The van der Waals surface area contributed by atoms with E-state index in [-0.39, 0.29) is 5.91 Å². The summed E-state index contributed by atoms with van der Waals surface area (Å²) in [6.45, 7) is 4.21. The van der Waals surface area contributed by atoms with E-state index in [4.69, 9.17) is 10.5 Å². The number of nitrogens with two attached hydrogens (primary N) is 1. The van der Waals surface area contributed by atoms with Crippen molar-refractivity contribution in [1.29, 1.82) is 0 Å². The van der Waals surface area contributed by atoms with Crippen LogP contribution in [0.3, 0.4) is 0 Å². The number of amides is 1. The number of anilines is 1. The minimum absolute atomic E-state index is 0.185. The number of carbonyl (C=O) groups excluding carboxylic acids is 1. The molecule has 7 nitrogen and oxygen atoms in total. The molecule has 2 aromatic carbocycles. The van der Waals surface area contributed by atoms with Crippen LogP contribution in [0.1, 0.15) is 24.7 Å². The number of H-pyrrole nitrogens is 1. The second kappa shape index (κ2) is 8.46. The predicted molar refractivity (Wildman–Crippen MR) is 104 cm³/mol. The zero-order valence-corrected chi connectivity index (χ0v) is 15.4. The Morgan fingerprint density at radius 3 is 2.67 bits per heavy atom. The summed E-state index contributed by atoms with van der Waals surface area (Å²) in [7, 11) is 0. The molecule has 0 radical (unpaired) electrons. The van der Waals surface area contributed by atoms with Gasteiger partial charge in [-0.05, 0) is 55.3 Å². The molecule has 0 aliphatic heterocycles. The maximum absolute atomic E-state index is 12.6. The van der Waals surface area contributed by atoms with Gasteiger partial charge in [-0.3, -0.25) is 9.89 Å². The lowest BCUT2D eigenvalue weighted by Crippen LogP contribution is -2.32. The molecule has 1 atom stereocenters. The first-order valence-corrected chi connectivity index (χ1v) is 8.85. The lowest BCUT2D eigenvalue weighted by molar-refractivity contribution is -0.122. The number of nitrogens with one attached hydrogen (secondary N) is 2. The van der Waals surface area contributed by atoms with Crippen molar-refractivity contribution < 1.29 is 9.53 Å². The smallest absolute Gasteiger partial charge is 0.265 e. The topological polar surface area (TPSA) is 106 Å². The van der Waals surface area contributed by atoms with Gasteiger partial charge in [-0.25, -0.2) is 4.98 Å². The molecule has 0 saturated heterocycles. The first kappa shape index (κ1) is 18.6. The lowest BCUT2D eigenvalue weighted by Gasteiger charge is -2.17. The van der Waals surface area contributed by atoms with Gasteiger partial charge in [-0.2, -0.15) is 5.10 Å². The zero-order valence-electron chi connectivity index (χ0n) is 15.4. The van der Waals surface area contributed by atoms with Crippen LogP contribution >= 0.6 is 0 Å². The van der Waals surface area contributed by atoms with E-state index in [0.29, 0.717) is 36.1 Å². The third kappa shape index (κ3) is 4.71. The van der Waals surface area contributed by atoms with Gasteiger partial charge in [0, 0.05) is 11.3 Å². The Labute approximate surface area is 158 Å². The largest absolute Gasteiger partial charge is 0.481 e. The summed E-state index contributed by atoms with van der Waals surface area (Å²) in [5, 5.41) is 9.79. The van der Waals surface area contributed by atoms with Crippen LogP contribution in [-0.2, 0) is 11.3 Å². The van der Waals surface area contributed by atoms with Gasteiger partial charge in [0.05, 0.1) is 6.54 Å². The second-order valence-electron chi connectivity index (χ2n) is 6.21. The second-order valence-corrected chi connectivity index (χ2v) is 6.21. The highest BCUT2D eigenvalue weighted by Crippen LogP contribution is 2.19. The molecule has 0 aliphatic carbocycles. The number of aromatic amines is 1. The van der Waals surface area contributed by atoms with Gasteiger partial charge in [-0.1, -0.05) is 19.1 Å². The molecule has 1 aromatic heterocycles. The van der Waals surface area contributed by atoms with Crippen LogP contribution in [0.2, 0.25) is 0 Å². The van der Waals surface area contributed by atoms with Gasteiger partial charge in [0.2, 0.25) is 0 Å². The Balaban J connectivity index is 1.65. The molecule has 3 rings (SSSR count). The third-order valence-electron chi connectivity index (χ3n) is 4.07. The van der Waals surface area contributed by atoms with Gasteiger partial charge in [0.1, 0.15) is 11.6 Å². The van der Waals surface area contributed by atoms with Crippen molar-refractivity contribution in [3.63, 3.8) is 0 Å². The first-order valence-electron chi connectivity index (χ1n) is 8.85. The molecule has 3 aromatic rings. The van der Waals surface area contributed by atoms with Crippen LogP contribution in [-0.4, -0.2) is 27.2 Å². The summed E-state index contributed by atoms with van der Waals surface area (Å²) in [6.07, 6.45) is 0.00305. The quantitative estimate of drug-likeness (QED) is 0.597. The summed E-state index contributed by atoms with van der Waals surface area (Å²) in [6, 6.07) is 15.0. The minimum Gasteiger partial charge on any atom is -0.481 e. The SMILES string of the molecule is CCC(Oc1cccc(C)c1)C(=O)Nc1ccc(-c2n[nH]c(CN)n2)cc1. The average Bonchev–Trinajstić information content (AvgIpc) is 3.16. The van der Waals surface area contributed by atoms with Crippen LogP contribution in [0.15, 0.2) is 48.5 Å². The Morgan fingerprint density at radius 1 is 1.26 bits per heavy atom. The van der Waals surface area contributed by atoms with Gasteiger partial charge < -0.3 is 15.8 Å². The van der Waals surface area contributed by atoms with Crippen LogP contribution < -0.4 is 15.8 Å². The van der Waals surface area contributed by atoms with Gasteiger partial charge >= 0.3 is 0 Å². The van der Waals surface area contributed by atoms with Crippen LogP contribution in [0.4, 0.5) is 5.69 Å². The van der Waals surface area contributed by atoms with Crippen molar-refractivity contribution in [2.45, 2.75) is 32.9 Å². The fourth-order valence-corrected chi connectivity index (χ4v) is 2.62. The van der Waals surface area contributed by atoms with E-state index < -0.39 is 6.10 Å². The van der Waals surface area contributed by atoms with E-state index in [9.17, 15) is 4.79 Å². The summed E-state index contributed by atoms with van der Waals surface area (Å²) in [5.41, 5.74) is 8.14. The number of benzene rings is 2. The average molecular weight is 365 g/mol.